The van der Waals surface area contributed by atoms with Gasteiger partial charge in [0.25, 0.3) is 0 Å². The van der Waals surface area contributed by atoms with E-state index in [1.54, 1.807) is 17.0 Å². The van der Waals surface area contributed by atoms with Crippen LogP contribution in [0.1, 0.15) is 45.6 Å². The normalized spacial score (nSPS) is 17.1. The first-order valence-electron chi connectivity index (χ1n) is 9.34. The second-order valence-electron chi connectivity index (χ2n) is 7.87. The fourth-order valence-electron chi connectivity index (χ4n) is 3.20. The molecule has 3 amide bonds. The minimum absolute atomic E-state index is 0.107. The second kappa shape index (κ2) is 8.84. The standard InChI is InChI=1S/C21H29N3O3/c1-5-18(25)22-16-11-7-6-10-15(16)14-19(26)24-13-9-8-12-17(24)20(27)23-21(2,3)4/h5-7,10-11,17H,1,8-9,12-14H2,2-4H3,(H,22,25)(H,23,27). The highest BCUT2D eigenvalue weighted by molar-refractivity contribution is 6.00. The number of carbonyl (C=O) groups is 3. The molecule has 0 bridgehead atoms. The number of anilines is 1. The molecule has 2 rings (SSSR count). The minimum Gasteiger partial charge on any atom is -0.350 e. The Bertz CT molecular complexity index is 722. The smallest absolute Gasteiger partial charge is 0.247 e. The van der Waals surface area contributed by atoms with E-state index < -0.39 is 6.04 Å². The molecule has 0 saturated carbocycles. The molecule has 146 valence electrons. The molecular weight excluding hydrogens is 342 g/mol. The minimum atomic E-state index is -0.444. The third-order valence-corrected chi connectivity index (χ3v) is 4.43. The Morgan fingerprint density at radius 2 is 1.93 bits per heavy atom. The summed E-state index contributed by atoms with van der Waals surface area (Å²) in [6.07, 6.45) is 3.81. The Hall–Kier alpha value is -2.63. The Labute approximate surface area is 161 Å². The third-order valence-electron chi connectivity index (χ3n) is 4.43. The van der Waals surface area contributed by atoms with Gasteiger partial charge in [0.2, 0.25) is 17.7 Å². The van der Waals surface area contributed by atoms with E-state index in [-0.39, 0.29) is 29.7 Å². The topological polar surface area (TPSA) is 78.5 Å². The van der Waals surface area contributed by atoms with Crippen molar-refractivity contribution in [3.8, 4) is 0 Å². The molecule has 1 fully saturated rings. The maximum Gasteiger partial charge on any atom is 0.247 e. The fourth-order valence-corrected chi connectivity index (χ4v) is 3.20. The molecule has 1 aliphatic heterocycles. The van der Waals surface area contributed by atoms with Crippen LogP contribution in [0.2, 0.25) is 0 Å². The monoisotopic (exact) mass is 371 g/mol. The summed E-state index contributed by atoms with van der Waals surface area (Å²) in [6.45, 7) is 9.81. The molecule has 1 saturated heterocycles. The van der Waals surface area contributed by atoms with Crippen LogP contribution in [-0.2, 0) is 20.8 Å². The van der Waals surface area contributed by atoms with E-state index in [0.29, 0.717) is 18.7 Å². The molecular formula is C21H29N3O3. The molecule has 0 aromatic heterocycles. The van der Waals surface area contributed by atoms with Crippen LogP contribution < -0.4 is 10.6 Å². The van der Waals surface area contributed by atoms with Crippen LogP contribution >= 0.6 is 0 Å². The highest BCUT2D eigenvalue weighted by Gasteiger charge is 2.33. The summed E-state index contributed by atoms with van der Waals surface area (Å²) in [4.78, 5) is 38.9. The number of amides is 3. The molecule has 1 aliphatic rings. The Balaban J connectivity index is 2.15. The molecule has 0 spiro atoms. The van der Waals surface area contributed by atoms with Gasteiger partial charge < -0.3 is 15.5 Å². The van der Waals surface area contributed by atoms with Gasteiger partial charge in [-0.2, -0.15) is 0 Å². The Kier molecular flexibility index (Phi) is 6.77. The van der Waals surface area contributed by atoms with Crippen LogP contribution in [0.3, 0.4) is 0 Å². The zero-order valence-electron chi connectivity index (χ0n) is 16.4. The van der Waals surface area contributed by atoms with Gasteiger partial charge in [0.15, 0.2) is 0 Å². The van der Waals surface area contributed by atoms with Crippen LogP contribution in [-0.4, -0.2) is 40.7 Å². The van der Waals surface area contributed by atoms with Gasteiger partial charge in [-0.1, -0.05) is 24.8 Å². The first-order valence-corrected chi connectivity index (χ1v) is 9.34. The van der Waals surface area contributed by atoms with Crippen LogP contribution in [0.15, 0.2) is 36.9 Å². The lowest BCUT2D eigenvalue weighted by Gasteiger charge is -2.36. The van der Waals surface area contributed by atoms with E-state index >= 15 is 0 Å². The van der Waals surface area contributed by atoms with Crippen LogP contribution in [0.4, 0.5) is 5.69 Å². The van der Waals surface area contributed by atoms with Gasteiger partial charge in [-0.25, -0.2) is 0 Å². The van der Waals surface area contributed by atoms with E-state index in [2.05, 4.69) is 17.2 Å². The molecule has 1 unspecified atom stereocenters. The predicted molar refractivity (Wildman–Crippen MR) is 106 cm³/mol. The summed E-state index contributed by atoms with van der Waals surface area (Å²) in [5, 5.41) is 5.71. The molecule has 1 aromatic rings. The zero-order chi connectivity index (χ0) is 20.0. The van der Waals surface area contributed by atoms with E-state index in [4.69, 9.17) is 0 Å². The van der Waals surface area contributed by atoms with Gasteiger partial charge in [0, 0.05) is 17.8 Å². The van der Waals surface area contributed by atoms with E-state index in [0.717, 1.165) is 18.4 Å². The van der Waals surface area contributed by atoms with Gasteiger partial charge >= 0.3 is 0 Å². The number of rotatable bonds is 5. The summed E-state index contributed by atoms with van der Waals surface area (Å²) < 4.78 is 0. The van der Waals surface area contributed by atoms with Crippen molar-refractivity contribution in [3.05, 3.63) is 42.5 Å². The lowest BCUT2D eigenvalue weighted by atomic mass is 9.98. The highest BCUT2D eigenvalue weighted by atomic mass is 16.2. The maximum absolute atomic E-state index is 13.0. The maximum atomic E-state index is 13.0. The van der Waals surface area contributed by atoms with Crippen molar-refractivity contribution in [1.29, 1.82) is 0 Å². The molecule has 1 atom stereocenters. The second-order valence-corrected chi connectivity index (χ2v) is 7.87. The highest BCUT2D eigenvalue weighted by Crippen LogP contribution is 2.22. The van der Waals surface area contributed by atoms with Gasteiger partial charge in [-0.15, -0.1) is 0 Å². The Morgan fingerprint density at radius 1 is 1.22 bits per heavy atom. The number of carbonyl (C=O) groups excluding carboxylic acids is 3. The number of nitrogens with one attached hydrogen (secondary N) is 2. The summed E-state index contributed by atoms with van der Waals surface area (Å²) in [5.74, 6) is -0.539. The van der Waals surface area contributed by atoms with Crippen molar-refractivity contribution < 1.29 is 14.4 Å². The quantitative estimate of drug-likeness (QED) is 0.781. The number of para-hydroxylation sites is 1. The summed E-state index contributed by atoms with van der Waals surface area (Å²) >= 11 is 0. The van der Waals surface area contributed by atoms with Crippen LogP contribution in [0, 0.1) is 0 Å². The van der Waals surface area contributed by atoms with Crippen molar-refractivity contribution >= 4 is 23.4 Å². The molecule has 6 nitrogen and oxygen atoms in total. The molecule has 2 N–H and O–H groups in total. The third kappa shape index (κ3) is 5.94. The van der Waals surface area contributed by atoms with Crippen molar-refractivity contribution in [3.63, 3.8) is 0 Å². The van der Waals surface area contributed by atoms with E-state index in [1.807, 2.05) is 32.9 Å². The summed E-state index contributed by atoms with van der Waals surface area (Å²) in [6, 6.07) is 6.74. The van der Waals surface area contributed by atoms with Crippen molar-refractivity contribution in [1.82, 2.24) is 10.2 Å². The number of nitrogens with zero attached hydrogens (tertiary/aromatic N) is 1. The summed E-state index contributed by atoms with van der Waals surface area (Å²) in [7, 11) is 0. The van der Waals surface area contributed by atoms with Crippen molar-refractivity contribution in [2.75, 3.05) is 11.9 Å². The predicted octanol–water partition coefficient (Wildman–Crippen LogP) is 2.65. The Morgan fingerprint density at radius 3 is 2.59 bits per heavy atom. The van der Waals surface area contributed by atoms with E-state index in [1.165, 1.54) is 6.08 Å². The van der Waals surface area contributed by atoms with E-state index in [9.17, 15) is 14.4 Å². The van der Waals surface area contributed by atoms with Crippen LogP contribution in [0.5, 0.6) is 0 Å². The largest absolute Gasteiger partial charge is 0.350 e. The number of benzene rings is 1. The molecule has 6 heteroatoms. The van der Waals surface area contributed by atoms with Crippen molar-refractivity contribution in [2.45, 2.75) is 58.0 Å². The average Bonchev–Trinajstić information content (AvgIpc) is 2.61. The number of hydrogen-bond acceptors (Lipinski definition) is 3. The SMILES string of the molecule is C=CC(=O)Nc1ccccc1CC(=O)N1CCCCC1C(=O)NC(C)(C)C. The van der Waals surface area contributed by atoms with Crippen LogP contribution in [0.25, 0.3) is 0 Å². The molecule has 0 radical (unpaired) electrons. The van der Waals surface area contributed by atoms with Gasteiger partial charge in [-0.3, -0.25) is 14.4 Å². The first-order chi connectivity index (χ1) is 12.7. The van der Waals surface area contributed by atoms with Crippen molar-refractivity contribution in [2.24, 2.45) is 0 Å². The average molecular weight is 371 g/mol. The number of piperidine rings is 1. The van der Waals surface area contributed by atoms with Gasteiger partial charge in [-0.05, 0) is 57.7 Å². The molecule has 1 aromatic carbocycles. The lowest BCUT2D eigenvalue weighted by molar-refractivity contribution is -0.142. The summed E-state index contributed by atoms with van der Waals surface area (Å²) in [5.41, 5.74) is 0.965. The lowest BCUT2D eigenvalue weighted by Crippen LogP contribution is -2.55. The number of likely N-dealkylation sites (tertiary alicyclic amines) is 1. The zero-order valence-corrected chi connectivity index (χ0v) is 16.4. The van der Waals surface area contributed by atoms with Gasteiger partial charge in [0.1, 0.15) is 6.04 Å². The van der Waals surface area contributed by atoms with Gasteiger partial charge in [0.05, 0.1) is 6.42 Å². The molecule has 27 heavy (non-hydrogen) atoms. The molecule has 0 aliphatic carbocycles. The first kappa shape index (κ1) is 20.7. The fraction of sp³-hybridized carbons (Fsp3) is 0.476. The number of hydrogen-bond donors (Lipinski definition) is 2. The molecule has 1 heterocycles.